The highest BCUT2D eigenvalue weighted by molar-refractivity contribution is 7.15. The molecule has 0 atom stereocenters. The molecule has 1 aromatic heterocycles. The quantitative estimate of drug-likeness (QED) is 0.748. The van der Waals surface area contributed by atoms with Gasteiger partial charge in [-0.1, -0.05) is 25.5 Å². The van der Waals surface area contributed by atoms with Crippen molar-refractivity contribution in [3.05, 3.63) is 46.8 Å². The topological polar surface area (TPSA) is 26.3 Å². The standard InChI is InChI=1S/C16H18O2S/c1-3-4-5-14-10-11-15(19-14)12-6-8-13(9-7-12)16(17)18-2/h6-11H,3-5H2,1-2H3. The first-order valence-corrected chi connectivity index (χ1v) is 7.33. The Morgan fingerprint density at radius 3 is 2.53 bits per heavy atom. The van der Waals surface area contributed by atoms with Crippen LogP contribution in [0.25, 0.3) is 10.4 Å². The summed E-state index contributed by atoms with van der Waals surface area (Å²) in [4.78, 5) is 14.0. The first-order chi connectivity index (χ1) is 9.24. The van der Waals surface area contributed by atoms with Crippen LogP contribution < -0.4 is 0 Å². The van der Waals surface area contributed by atoms with Gasteiger partial charge in [-0.2, -0.15) is 0 Å². The SMILES string of the molecule is CCCCc1ccc(-c2ccc(C(=O)OC)cc2)s1. The van der Waals surface area contributed by atoms with E-state index in [0.29, 0.717) is 5.56 Å². The molecule has 0 saturated carbocycles. The van der Waals surface area contributed by atoms with Gasteiger partial charge in [-0.25, -0.2) is 4.79 Å². The zero-order chi connectivity index (χ0) is 13.7. The predicted octanol–water partition coefficient (Wildman–Crippen LogP) is 4.54. The van der Waals surface area contributed by atoms with Crippen molar-refractivity contribution in [3.63, 3.8) is 0 Å². The summed E-state index contributed by atoms with van der Waals surface area (Å²) in [5, 5.41) is 0. The third-order valence-corrected chi connectivity index (χ3v) is 4.22. The molecule has 0 saturated heterocycles. The highest BCUT2D eigenvalue weighted by Gasteiger charge is 2.06. The van der Waals surface area contributed by atoms with Crippen LogP contribution in [0, 0.1) is 0 Å². The van der Waals surface area contributed by atoms with E-state index in [0.717, 1.165) is 12.0 Å². The van der Waals surface area contributed by atoms with Crippen LogP contribution in [0.15, 0.2) is 36.4 Å². The molecular formula is C16H18O2S. The summed E-state index contributed by atoms with van der Waals surface area (Å²) in [6.45, 7) is 2.21. The van der Waals surface area contributed by atoms with Crippen LogP contribution in [-0.2, 0) is 11.2 Å². The molecule has 0 bridgehead atoms. The maximum Gasteiger partial charge on any atom is 0.337 e. The number of benzene rings is 1. The zero-order valence-corrected chi connectivity index (χ0v) is 12.1. The molecular weight excluding hydrogens is 256 g/mol. The Balaban J connectivity index is 2.13. The van der Waals surface area contributed by atoms with Crippen molar-refractivity contribution in [1.29, 1.82) is 0 Å². The van der Waals surface area contributed by atoms with E-state index in [1.807, 2.05) is 35.6 Å². The van der Waals surface area contributed by atoms with Gasteiger partial charge in [0, 0.05) is 9.75 Å². The molecule has 2 rings (SSSR count). The predicted molar refractivity (Wildman–Crippen MR) is 79.7 cm³/mol. The number of rotatable bonds is 5. The summed E-state index contributed by atoms with van der Waals surface area (Å²) in [5.74, 6) is -0.290. The fourth-order valence-electron chi connectivity index (χ4n) is 1.91. The maximum absolute atomic E-state index is 11.4. The lowest BCUT2D eigenvalue weighted by molar-refractivity contribution is 0.0601. The molecule has 0 unspecified atom stereocenters. The van der Waals surface area contributed by atoms with E-state index in [1.54, 1.807) is 0 Å². The van der Waals surface area contributed by atoms with Crippen LogP contribution in [-0.4, -0.2) is 13.1 Å². The molecule has 0 amide bonds. The van der Waals surface area contributed by atoms with Crippen molar-refractivity contribution in [2.75, 3.05) is 7.11 Å². The van der Waals surface area contributed by atoms with Gasteiger partial charge in [-0.15, -0.1) is 11.3 Å². The molecule has 3 heteroatoms. The number of methoxy groups -OCH3 is 1. The van der Waals surface area contributed by atoms with Gasteiger partial charge in [0.1, 0.15) is 0 Å². The molecule has 0 N–H and O–H groups in total. The summed E-state index contributed by atoms with van der Waals surface area (Å²) < 4.78 is 4.69. The van der Waals surface area contributed by atoms with Crippen molar-refractivity contribution in [1.82, 2.24) is 0 Å². The summed E-state index contributed by atoms with van der Waals surface area (Å²) in [6.07, 6.45) is 3.61. The average Bonchev–Trinajstić information content (AvgIpc) is 2.93. The number of ether oxygens (including phenoxy) is 1. The summed E-state index contributed by atoms with van der Waals surface area (Å²) >= 11 is 1.83. The number of hydrogen-bond donors (Lipinski definition) is 0. The zero-order valence-electron chi connectivity index (χ0n) is 11.3. The molecule has 100 valence electrons. The van der Waals surface area contributed by atoms with E-state index in [2.05, 4.69) is 19.1 Å². The number of carbonyl (C=O) groups is 1. The Morgan fingerprint density at radius 1 is 1.16 bits per heavy atom. The lowest BCUT2D eigenvalue weighted by atomic mass is 10.1. The van der Waals surface area contributed by atoms with Crippen LogP contribution in [0.2, 0.25) is 0 Å². The molecule has 0 aliphatic rings. The summed E-state index contributed by atoms with van der Waals surface area (Å²) in [5.41, 5.74) is 1.74. The molecule has 2 aromatic rings. The van der Waals surface area contributed by atoms with Crippen molar-refractivity contribution in [2.45, 2.75) is 26.2 Å². The van der Waals surface area contributed by atoms with E-state index < -0.39 is 0 Å². The van der Waals surface area contributed by atoms with E-state index in [-0.39, 0.29) is 5.97 Å². The van der Waals surface area contributed by atoms with Crippen LogP contribution in [0.3, 0.4) is 0 Å². The van der Waals surface area contributed by atoms with Gasteiger partial charge in [0.05, 0.1) is 12.7 Å². The minimum absolute atomic E-state index is 0.290. The fourth-order valence-corrected chi connectivity index (χ4v) is 2.96. The Morgan fingerprint density at radius 2 is 1.89 bits per heavy atom. The smallest absolute Gasteiger partial charge is 0.337 e. The fraction of sp³-hybridized carbons (Fsp3) is 0.312. The highest BCUT2D eigenvalue weighted by atomic mass is 32.1. The molecule has 2 nitrogen and oxygen atoms in total. The molecule has 0 spiro atoms. The van der Waals surface area contributed by atoms with Gasteiger partial charge in [0.2, 0.25) is 0 Å². The van der Waals surface area contributed by atoms with E-state index >= 15 is 0 Å². The number of hydrogen-bond acceptors (Lipinski definition) is 3. The maximum atomic E-state index is 11.4. The monoisotopic (exact) mass is 274 g/mol. The normalized spacial score (nSPS) is 10.4. The molecule has 0 aliphatic carbocycles. The second-order valence-corrected chi connectivity index (χ2v) is 5.61. The van der Waals surface area contributed by atoms with Crippen LogP contribution in [0.1, 0.15) is 35.0 Å². The first kappa shape index (κ1) is 13.8. The van der Waals surface area contributed by atoms with Gasteiger partial charge < -0.3 is 4.74 Å². The Kier molecular flexibility index (Phi) is 4.74. The van der Waals surface area contributed by atoms with Crippen LogP contribution in [0.5, 0.6) is 0 Å². The van der Waals surface area contributed by atoms with Gasteiger partial charge >= 0.3 is 5.97 Å². The van der Waals surface area contributed by atoms with Crippen molar-refractivity contribution >= 4 is 17.3 Å². The number of esters is 1. The van der Waals surface area contributed by atoms with E-state index in [4.69, 9.17) is 4.74 Å². The van der Waals surface area contributed by atoms with Gasteiger partial charge in [0.15, 0.2) is 0 Å². The summed E-state index contributed by atoms with van der Waals surface area (Å²) in [6, 6.07) is 11.9. The molecule has 19 heavy (non-hydrogen) atoms. The third kappa shape index (κ3) is 3.44. The molecule has 0 aliphatic heterocycles. The van der Waals surface area contributed by atoms with Crippen molar-refractivity contribution in [2.24, 2.45) is 0 Å². The lowest BCUT2D eigenvalue weighted by Crippen LogP contribution is -2.00. The van der Waals surface area contributed by atoms with Gasteiger partial charge in [-0.05, 0) is 42.7 Å². The minimum atomic E-state index is -0.290. The number of carbonyl (C=O) groups excluding carboxylic acids is 1. The van der Waals surface area contributed by atoms with Gasteiger partial charge in [-0.3, -0.25) is 0 Å². The highest BCUT2D eigenvalue weighted by Crippen LogP contribution is 2.29. The van der Waals surface area contributed by atoms with Crippen molar-refractivity contribution in [3.8, 4) is 10.4 Å². The molecule has 0 radical (unpaired) electrons. The Hall–Kier alpha value is -1.61. The molecule has 1 aromatic carbocycles. The Bertz CT molecular complexity index is 540. The second kappa shape index (κ2) is 6.53. The average molecular weight is 274 g/mol. The number of unbranched alkanes of at least 4 members (excludes halogenated alkanes) is 1. The third-order valence-electron chi connectivity index (χ3n) is 3.03. The number of aryl methyl sites for hydroxylation is 1. The lowest BCUT2D eigenvalue weighted by Gasteiger charge is -2.01. The molecule has 0 fully saturated rings. The first-order valence-electron chi connectivity index (χ1n) is 6.52. The summed E-state index contributed by atoms with van der Waals surface area (Å²) in [7, 11) is 1.40. The molecule has 1 heterocycles. The van der Waals surface area contributed by atoms with E-state index in [9.17, 15) is 4.79 Å². The van der Waals surface area contributed by atoms with Gasteiger partial charge in [0.25, 0.3) is 0 Å². The largest absolute Gasteiger partial charge is 0.465 e. The Labute approximate surface area is 118 Å². The minimum Gasteiger partial charge on any atom is -0.465 e. The van der Waals surface area contributed by atoms with Crippen molar-refractivity contribution < 1.29 is 9.53 Å². The van der Waals surface area contributed by atoms with E-state index in [1.165, 1.54) is 29.7 Å². The second-order valence-electron chi connectivity index (χ2n) is 4.44. The van der Waals surface area contributed by atoms with Crippen LogP contribution >= 0.6 is 11.3 Å². The number of thiophene rings is 1. The van der Waals surface area contributed by atoms with Crippen LogP contribution in [0.4, 0.5) is 0 Å².